The summed E-state index contributed by atoms with van der Waals surface area (Å²) in [5.41, 5.74) is 2.82. The van der Waals surface area contributed by atoms with Crippen molar-refractivity contribution in [2.24, 2.45) is 11.8 Å². The van der Waals surface area contributed by atoms with Crippen LogP contribution in [0.5, 0.6) is 0 Å². The van der Waals surface area contributed by atoms with Crippen molar-refractivity contribution >= 4 is 0 Å². The molecule has 1 aromatic rings. The molecule has 90 valence electrons. The van der Waals surface area contributed by atoms with Gasteiger partial charge in [0.05, 0.1) is 18.4 Å². The lowest BCUT2D eigenvalue weighted by Gasteiger charge is -2.36. The van der Waals surface area contributed by atoms with Gasteiger partial charge in [-0.25, -0.2) is 5.43 Å². The summed E-state index contributed by atoms with van der Waals surface area (Å²) in [6.45, 7) is 2.86. The molecule has 1 atom stereocenters. The van der Waals surface area contributed by atoms with E-state index in [0.717, 1.165) is 31.6 Å². The van der Waals surface area contributed by atoms with E-state index in [1.165, 1.54) is 0 Å². The highest BCUT2D eigenvalue weighted by Crippen LogP contribution is 2.36. The fraction of sp³-hybridized carbons (Fsp3) is 0.667. The average molecular weight is 224 g/mol. The van der Waals surface area contributed by atoms with Crippen molar-refractivity contribution in [3.05, 3.63) is 24.2 Å². The molecule has 0 amide bonds. The molecule has 0 radical (unpaired) electrons. The van der Waals surface area contributed by atoms with Crippen LogP contribution in [0.3, 0.4) is 0 Å². The molecular formula is C12H20N2O2. The molecule has 1 aliphatic rings. The quantitative estimate of drug-likeness (QED) is 0.573. The van der Waals surface area contributed by atoms with Crippen molar-refractivity contribution in [3.63, 3.8) is 0 Å². The summed E-state index contributed by atoms with van der Waals surface area (Å²) in [4.78, 5) is 0. The first-order valence-corrected chi connectivity index (χ1v) is 5.94. The molecule has 4 heteroatoms. The van der Waals surface area contributed by atoms with Crippen LogP contribution in [-0.4, -0.2) is 12.7 Å². The molecule has 1 heterocycles. The maximum absolute atomic E-state index is 5.54. The van der Waals surface area contributed by atoms with Gasteiger partial charge < -0.3 is 9.15 Å². The lowest BCUT2D eigenvalue weighted by atomic mass is 9.78. The maximum atomic E-state index is 5.54. The van der Waals surface area contributed by atoms with Crippen molar-refractivity contribution < 1.29 is 9.15 Å². The molecular weight excluding hydrogens is 204 g/mol. The summed E-state index contributed by atoms with van der Waals surface area (Å²) in [6.07, 6.45) is 5.46. The van der Waals surface area contributed by atoms with Crippen LogP contribution < -0.4 is 11.3 Å². The summed E-state index contributed by atoms with van der Waals surface area (Å²) < 4.78 is 10.9. The van der Waals surface area contributed by atoms with E-state index in [1.807, 2.05) is 19.1 Å². The van der Waals surface area contributed by atoms with Gasteiger partial charge >= 0.3 is 0 Å². The summed E-state index contributed by atoms with van der Waals surface area (Å²) in [6, 6.07) is 3.98. The molecule has 1 aliphatic carbocycles. The molecule has 1 saturated carbocycles. The van der Waals surface area contributed by atoms with Crippen molar-refractivity contribution in [1.29, 1.82) is 0 Å². The molecule has 0 saturated heterocycles. The van der Waals surface area contributed by atoms with Gasteiger partial charge in [-0.15, -0.1) is 0 Å². The Morgan fingerprint density at radius 1 is 1.62 bits per heavy atom. The summed E-state index contributed by atoms with van der Waals surface area (Å²) in [7, 11) is 0. The molecule has 0 bridgehead atoms. The smallest absolute Gasteiger partial charge is 0.122 e. The average Bonchev–Trinajstić information content (AvgIpc) is 2.74. The maximum Gasteiger partial charge on any atom is 0.122 e. The van der Waals surface area contributed by atoms with Crippen LogP contribution in [0.1, 0.15) is 38.0 Å². The van der Waals surface area contributed by atoms with E-state index in [-0.39, 0.29) is 6.04 Å². The van der Waals surface area contributed by atoms with Crippen LogP contribution in [0.25, 0.3) is 0 Å². The Kier molecular flexibility index (Phi) is 3.98. The predicted molar refractivity (Wildman–Crippen MR) is 61.5 cm³/mol. The second-order valence-corrected chi connectivity index (χ2v) is 4.39. The summed E-state index contributed by atoms with van der Waals surface area (Å²) >= 11 is 0. The minimum Gasteiger partial charge on any atom is -0.468 e. The van der Waals surface area contributed by atoms with E-state index >= 15 is 0 Å². The van der Waals surface area contributed by atoms with Gasteiger partial charge in [0.1, 0.15) is 5.76 Å². The third kappa shape index (κ3) is 2.64. The number of hydrazine groups is 1. The van der Waals surface area contributed by atoms with Crippen molar-refractivity contribution in [2.45, 2.75) is 38.3 Å². The predicted octanol–water partition coefficient (Wildman–Crippen LogP) is 1.99. The van der Waals surface area contributed by atoms with Crippen LogP contribution in [0.2, 0.25) is 0 Å². The Morgan fingerprint density at radius 2 is 2.44 bits per heavy atom. The molecule has 1 unspecified atom stereocenters. The molecule has 16 heavy (non-hydrogen) atoms. The summed E-state index contributed by atoms with van der Waals surface area (Å²) in [5.74, 6) is 7.16. The number of hydrogen-bond donors (Lipinski definition) is 2. The Bertz CT molecular complexity index is 294. The van der Waals surface area contributed by atoms with Gasteiger partial charge in [0.2, 0.25) is 0 Å². The van der Waals surface area contributed by atoms with E-state index in [0.29, 0.717) is 12.0 Å². The van der Waals surface area contributed by atoms with Crippen LogP contribution in [-0.2, 0) is 4.74 Å². The van der Waals surface area contributed by atoms with Gasteiger partial charge in [-0.2, -0.15) is 0 Å². The monoisotopic (exact) mass is 224 g/mol. The zero-order valence-electron chi connectivity index (χ0n) is 9.69. The van der Waals surface area contributed by atoms with E-state index in [9.17, 15) is 0 Å². The first-order chi connectivity index (χ1) is 7.83. The minimum absolute atomic E-state index is 0.127. The second kappa shape index (κ2) is 5.48. The Labute approximate surface area is 96.1 Å². The number of rotatable bonds is 6. The lowest BCUT2D eigenvalue weighted by Crippen LogP contribution is -2.36. The number of nitrogens with one attached hydrogen (secondary N) is 1. The SMILES string of the molecule is CCOC1CC(CC(NN)c2ccco2)C1. The highest BCUT2D eigenvalue weighted by atomic mass is 16.5. The molecule has 0 spiro atoms. The lowest BCUT2D eigenvalue weighted by molar-refractivity contribution is -0.0297. The van der Waals surface area contributed by atoms with Crippen molar-refractivity contribution in [1.82, 2.24) is 5.43 Å². The first-order valence-electron chi connectivity index (χ1n) is 5.94. The zero-order chi connectivity index (χ0) is 11.4. The van der Waals surface area contributed by atoms with Gasteiger partial charge in [-0.1, -0.05) is 0 Å². The molecule has 0 aliphatic heterocycles. The van der Waals surface area contributed by atoms with Crippen LogP contribution in [0.15, 0.2) is 22.8 Å². The standard InChI is InChI=1S/C12H20N2O2/c1-2-15-10-6-9(7-10)8-11(14-13)12-4-3-5-16-12/h3-5,9-11,14H,2,6-8,13H2,1H3. The fourth-order valence-corrected chi connectivity index (χ4v) is 2.33. The van der Waals surface area contributed by atoms with Crippen molar-refractivity contribution in [2.75, 3.05) is 6.61 Å². The van der Waals surface area contributed by atoms with Crippen LogP contribution >= 0.6 is 0 Å². The van der Waals surface area contributed by atoms with Gasteiger partial charge in [-0.3, -0.25) is 5.84 Å². The number of nitrogens with two attached hydrogens (primary N) is 1. The van der Waals surface area contributed by atoms with Gasteiger partial charge in [0.15, 0.2) is 0 Å². The minimum atomic E-state index is 0.127. The van der Waals surface area contributed by atoms with Gasteiger partial charge in [-0.05, 0) is 44.2 Å². The Hall–Kier alpha value is -0.840. The number of ether oxygens (including phenoxy) is 1. The van der Waals surface area contributed by atoms with E-state index < -0.39 is 0 Å². The molecule has 4 nitrogen and oxygen atoms in total. The number of furan rings is 1. The van der Waals surface area contributed by atoms with Crippen LogP contribution in [0, 0.1) is 5.92 Å². The highest BCUT2D eigenvalue weighted by Gasteiger charge is 2.32. The topological polar surface area (TPSA) is 60.4 Å². The number of hydrogen-bond acceptors (Lipinski definition) is 4. The third-order valence-electron chi connectivity index (χ3n) is 3.25. The van der Waals surface area contributed by atoms with E-state index in [1.54, 1.807) is 6.26 Å². The zero-order valence-corrected chi connectivity index (χ0v) is 9.69. The summed E-state index contributed by atoms with van der Waals surface area (Å²) in [5, 5.41) is 0. The molecule has 0 aromatic carbocycles. The third-order valence-corrected chi connectivity index (χ3v) is 3.25. The van der Waals surface area contributed by atoms with Crippen LogP contribution in [0.4, 0.5) is 0 Å². The largest absolute Gasteiger partial charge is 0.468 e. The first kappa shape index (κ1) is 11.6. The normalized spacial score (nSPS) is 26.4. The van der Waals surface area contributed by atoms with Crippen molar-refractivity contribution in [3.8, 4) is 0 Å². The second-order valence-electron chi connectivity index (χ2n) is 4.39. The molecule has 1 fully saturated rings. The highest BCUT2D eigenvalue weighted by molar-refractivity contribution is 5.04. The van der Waals surface area contributed by atoms with E-state index in [2.05, 4.69) is 5.43 Å². The van der Waals surface area contributed by atoms with Gasteiger partial charge in [0, 0.05) is 6.61 Å². The Balaban J connectivity index is 1.77. The molecule has 3 N–H and O–H groups in total. The molecule has 1 aromatic heterocycles. The Morgan fingerprint density at radius 3 is 3.00 bits per heavy atom. The van der Waals surface area contributed by atoms with E-state index in [4.69, 9.17) is 15.0 Å². The van der Waals surface area contributed by atoms with Gasteiger partial charge in [0.25, 0.3) is 0 Å². The fourth-order valence-electron chi connectivity index (χ4n) is 2.33. The molecule has 2 rings (SSSR count).